The van der Waals surface area contributed by atoms with Crippen molar-refractivity contribution >= 4 is 27.9 Å². The smallest absolute Gasteiger partial charge is 0.287 e. The second-order valence-corrected chi connectivity index (χ2v) is 3.09. The van der Waals surface area contributed by atoms with E-state index >= 15 is 0 Å². The summed E-state index contributed by atoms with van der Waals surface area (Å²) in [4.78, 5) is 19.7. The van der Waals surface area contributed by atoms with E-state index in [0.29, 0.717) is 6.07 Å². The van der Waals surface area contributed by atoms with Crippen molar-refractivity contribution in [3.8, 4) is 0 Å². The highest BCUT2D eigenvalue weighted by molar-refractivity contribution is 9.10. The summed E-state index contributed by atoms with van der Waals surface area (Å²) in [6.45, 7) is 0. The second kappa shape index (κ2) is 3.79. The molecule has 4 nitrogen and oxygen atoms in total. The van der Waals surface area contributed by atoms with Crippen molar-refractivity contribution in [1.82, 2.24) is 0 Å². The zero-order chi connectivity index (χ0) is 10.9. The van der Waals surface area contributed by atoms with Crippen molar-refractivity contribution in [2.45, 2.75) is 0 Å². The van der Waals surface area contributed by atoms with Crippen molar-refractivity contribution in [1.29, 1.82) is 0 Å². The molecule has 0 saturated heterocycles. The lowest BCUT2D eigenvalue weighted by Gasteiger charge is -2.00. The van der Waals surface area contributed by atoms with Gasteiger partial charge in [0.25, 0.3) is 5.69 Å². The predicted molar refractivity (Wildman–Crippen MR) is 46.1 cm³/mol. The highest BCUT2D eigenvalue weighted by atomic mass is 79.9. The van der Waals surface area contributed by atoms with Crippen molar-refractivity contribution in [3.63, 3.8) is 0 Å². The van der Waals surface area contributed by atoms with Crippen LogP contribution >= 0.6 is 15.9 Å². The number of hydrogen-bond donors (Lipinski definition) is 0. The number of halogens is 3. The molecule has 0 aromatic heterocycles. The zero-order valence-corrected chi connectivity index (χ0v) is 8.05. The molecule has 0 bridgehead atoms. The Morgan fingerprint density at radius 3 is 2.50 bits per heavy atom. The third-order valence-corrected chi connectivity index (χ3v) is 2.32. The van der Waals surface area contributed by atoms with Gasteiger partial charge in [-0.25, -0.2) is 8.78 Å². The topological polar surface area (TPSA) is 60.2 Å². The van der Waals surface area contributed by atoms with E-state index in [4.69, 9.17) is 0 Å². The van der Waals surface area contributed by atoms with Gasteiger partial charge < -0.3 is 0 Å². The number of carbonyl (C=O) groups excluding carboxylic acids is 1. The van der Waals surface area contributed by atoms with Crippen molar-refractivity contribution in [2.75, 3.05) is 0 Å². The number of rotatable bonds is 2. The average molecular weight is 266 g/mol. The van der Waals surface area contributed by atoms with E-state index in [9.17, 15) is 23.7 Å². The molecule has 74 valence electrons. The van der Waals surface area contributed by atoms with E-state index < -0.39 is 27.8 Å². The third kappa shape index (κ3) is 1.63. The van der Waals surface area contributed by atoms with E-state index in [-0.39, 0.29) is 10.8 Å². The Morgan fingerprint density at radius 1 is 1.50 bits per heavy atom. The van der Waals surface area contributed by atoms with E-state index in [1.165, 1.54) is 0 Å². The van der Waals surface area contributed by atoms with Crippen LogP contribution in [0.5, 0.6) is 0 Å². The number of benzene rings is 1. The van der Waals surface area contributed by atoms with E-state index in [2.05, 4.69) is 15.9 Å². The molecular weight excluding hydrogens is 264 g/mol. The normalized spacial score (nSPS) is 9.93. The first-order valence-electron chi connectivity index (χ1n) is 3.26. The van der Waals surface area contributed by atoms with Gasteiger partial charge in [-0.05, 0) is 15.9 Å². The van der Waals surface area contributed by atoms with E-state index in [1.54, 1.807) is 0 Å². The molecular formula is C7H2BrF2NO3. The summed E-state index contributed by atoms with van der Waals surface area (Å²) in [6, 6.07) is 0.409. The molecule has 0 aliphatic carbocycles. The molecule has 0 radical (unpaired) electrons. The van der Waals surface area contributed by atoms with Gasteiger partial charge in [-0.15, -0.1) is 0 Å². The minimum Gasteiger partial charge on any atom is -0.298 e. The Morgan fingerprint density at radius 2 is 2.07 bits per heavy atom. The fourth-order valence-electron chi connectivity index (χ4n) is 0.846. The average Bonchev–Trinajstić information content (AvgIpc) is 2.12. The van der Waals surface area contributed by atoms with Gasteiger partial charge in [0.1, 0.15) is 4.47 Å². The molecule has 1 aromatic rings. The summed E-state index contributed by atoms with van der Waals surface area (Å²) in [5.41, 5.74) is -1.39. The minimum absolute atomic E-state index is 0.00942. The molecule has 0 fully saturated rings. The fraction of sp³-hybridized carbons (Fsp3) is 0. The molecule has 0 spiro atoms. The molecule has 0 heterocycles. The number of aldehydes is 1. The lowest BCUT2D eigenvalue weighted by Crippen LogP contribution is -1.99. The van der Waals surface area contributed by atoms with Crippen LogP contribution < -0.4 is 0 Å². The first-order valence-corrected chi connectivity index (χ1v) is 4.05. The minimum atomic E-state index is -1.43. The van der Waals surface area contributed by atoms with Gasteiger partial charge in [0.15, 0.2) is 17.9 Å². The predicted octanol–water partition coefficient (Wildman–Crippen LogP) is 2.45. The Balaban J connectivity index is 3.58. The van der Waals surface area contributed by atoms with Gasteiger partial charge >= 0.3 is 0 Å². The van der Waals surface area contributed by atoms with Crippen LogP contribution in [-0.4, -0.2) is 11.2 Å². The maximum absolute atomic E-state index is 12.8. The van der Waals surface area contributed by atoms with Crippen molar-refractivity contribution < 1.29 is 18.5 Å². The number of nitro benzene ring substituents is 1. The van der Waals surface area contributed by atoms with Crippen molar-refractivity contribution in [2.24, 2.45) is 0 Å². The molecule has 0 aliphatic rings. The Labute approximate surface area is 84.8 Å². The van der Waals surface area contributed by atoms with Gasteiger partial charge in [0.2, 0.25) is 0 Å². The van der Waals surface area contributed by atoms with Crippen LogP contribution in [0.3, 0.4) is 0 Å². The van der Waals surface area contributed by atoms with Crippen LogP contribution in [0.4, 0.5) is 14.5 Å². The summed E-state index contributed by atoms with van der Waals surface area (Å²) >= 11 is 2.65. The lowest BCUT2D eigenvalue weighted by molar-refractivity contribution is -0.385. The third-order valence-electron chi connectivity index (χ3n) is 1.49. The Hall–Kier alpha value is -1.37. The SMILES string of the molecule is O=Cc1c(F)c(F)cc([N+](=O)[O-])c1Br. The lowest BCUT2D eigenvalue weighted by atomic mass is 10.2. The number of hydrogen-bond acceptors (Lipinski definition) is 3. The standard InChI is InChI=1S/C7H2BrF2NO3/c8-6-3(2-12)7(10)4(9)1-5(6)11(13)14/h1-2H. The molecule has 7 heteroatoms. The number of carbonyl (C=O) groups is 1. The summed E-state index contributed by atoms with van der Waals surface area (Å²) < 4.78 is 25.2. The van der Waals surface area contributed by atoms with E-state index in [1.807, 2.05) is 0 Å². The molecule has 1 rings (SSSR count). The van der Waals surface area contributed by atoms with E-state index in [0.717, 1.165) is 0 Å². The largest absolute Gasteiger partial charge is 0.298 e. The molecule has 0 amide bonds. The quantitative estimate of drug-likeness (QED) is 0.357. The van der Waals surface area contributed by atoms with Crippen LogP contribution in [0.2, 0.25) is 0 Å². The fourth-order valence-corrected chi connectivity index (χ4v) is 1.37. The second-order valence-electron chi connectivity index (χ2n) is 2.29. The van der Waals surface area contributed by atoms with Crippen LogP contribution in [-0.2, 0) is 0 Å². The Bertz CT molecular complexity index is 422. The molecule has 0 atom stereocenters. The van der Waals surface area contributed by atoms with Gasteiger partial charge in [-0.3, -0.25) is 14.9 Å². The molecule has 0 saturated carbocycles. The maximum Gasteiger partial charge on any atom is 0.287 e. The summed E-state index contributed by atoms with van der Waals surface area (Å²) in [5.74, 6) is -2.83. The molecule has 1 aromatic carbocycles. The number of nitro groups is 1. The summed E-state index contributed by atoms with van der Waals surface area (Å²) in [5, 5.41) is 10.3. The highest BCUT2D eigenvalue weighted by Crippen LogP contribution is 2.30. The van der Waals surface area contributed by atoms with Crippen LogP contribution in [0.25, 0.3) is 0 Å². The maximum atomic E-state index is 12.8. The summed E-state index contributed by atoms with van der Waals surface area (Å²) in [6.07, 6.45) is 0.00942. The highest BCUT2D eigenvalue weighted by Gasteiger charge is 2.22. The zero-order valence-electron chi connectivity index (χ0n) is 6.46. The van der Waals surface area contributed by atoms with Crippen LogP contribution in [0.1, 0.15) is 10.4 Å². The van der Waals surface area contributed by atoms with Crippen molar-refractivity contribution in [3.05, 3.63) is 37.9 Å². The van der Waals surface area contributed by atoms with Gasteiger partial charge in [-0.1, -0.05) is 0 Å². The molecule has 0 N–H and O–H groups in total. The first-order chi connectivity index (χ1) is 6.49. The van der Waals surface area contributed by atoms with Gasteiger partial charge in [0, 0.05) is 0 Å². The molecule has 0 unspecified atom stereocenters. The number of nitrogens with zero attached hydrogens (tertiary/aromatic N) is 1. The Kier molecular flexibility index (Phi) is 2.90. The monoisotopic (exact) mass is 265 g/mol. The van der Waals surface area contributed by atoms with Crippen LogP contribution in [0.15, 0.2) is 10.5 Å². The molecule has 14 heavy (non-hydrogen) atoms. The molecule has 0 aliphatic heterocycles. The van der Waals surface area contributed by atoms with Crippen LogP contribution in [0, 0.1) is 21.7 Å². The first kappa shape index (κ1) is 10.7. The van der Waals surface area contributed by atoms with Gasteiger partial charge in [0.05, 0.1) is 16.6 Å². The van der Waals surface area contributed by atoms with Gasteiger partial charge in [-0.2, -0.15) is 0 Å². The summed E-state index contributed by atoms with van der Waals surface area (Å²) in [7, 11) is 0.